The molecule has 1 atom stereocenters. The number of methoxy groups -OCH3 is 2. The van der Waals surface area contributed by atoms with Crippen molar-refractivity contribution in [2.24, 2.45) is 0 Å². The first-order chi connectivity index (χ1) is 12.0. The summed E-state index contributed by atoms with van der Waals surface area (Å²) in [5.74, 6) is 0.126. The summed E-state index contributed by atoms with van der Waals surface area (Å²) < 4.78 is 37.6. The van der Waals surface area contributed by atoms with Gasteiger partial charge in [0.2, 0.25) is 5.91 Å². The lowest BCUT2D eigenvalue weighted by molar-refractivity contribution is -0.128. The van der Waals surface area contributed by atoms with Gasteiger partial charge in [0.05, 0.1) is 20.0 Å². The van der Waals surface area contributed by atoms with E-state index in [2.05, 4.69) is 0 Å². The Hall–Kier alpha value is -2.28. The highest BCUT2D eigenvalue weighted by Gasteiger charge is 2.34. The van der Waals surface area contributed by atoms with Gasteiger partial charge in [0, 0.05) is 24.2 Å². The van der Waals surface area contributed by atoms with Gasteiger partial charge < -0.3 is 14.4 Å². The van der Waals surface area contributed by atoms with Crippen molar-refractivity contribution in [3.8, 4) is 11.5 Å². The van der Waals surface area contributed by atoms with E-state index < -0.39 is 11.6 Å². The molecule has 1 amide bonds. The van der Waals surface area contributed by atoms with Gasteiger partial charge in [0.1, 0.15) is 28.5 Å². The fraction of sp³-hybridized carbons (Fsp3) is 0.278. The number of hydrogen-bond donors (Lipinski definition) is 0. The second kappa shape index (κ2) is 7.31. The number of hydrogen-bond acceptors (Lipinski definition) is 4. The van der Waals surface area contributed by atoms with Gasteiger partial charge in [-0.25, -0.2) is 8.78 Å². The number of carbonyl (C=O) groups excluding carboxylic acids is 1. The molecular formula is C18H17F2NO3S. The van der Waals surface area contributed by atoms with Gasteiger partial charge in [-0.2, -0.15) is 0 Å². The molecule has 0 aromatic heterocycles. The van der Waals surface area contributed by atoms with Crippen LogP contribution in [0.15, 0.2) is 36.4 Å². The molecule has 25 heavy (non-hydrogen) atoms. The lowest BCUT2D eigenvalue weighted by Crippen LogP contribution is -2.28. The van der Waals surface area contributed by atoms with Crippen molar-refractivity contribution in [2.45, 2.75) is 11.9 Å². The molecule has 7 heteroatoms. The van der Waals surface area contributed by atoms with Crippen molar-refractivity contribution in [3.05, 3.63) is 59.2 Å². The SMILES string of the molecule is COc1cc(OC)cc(C2SCC(=O)N2Cc2ccc(F)cc2F)c1. The number of carbonyl (C=O) groups is 1. The summed E-state index contributed by atoms with van der Waals surface area (Å²) in [7, 11) is 3.11. The maximum Gasteiger partial charge on any atom is 0.234 e. The number of amides is 1. The number of rotatable bonds is 5. The Kier molecular flexibility index (Phi) is 5.13. The quantitative estimate of drug-likeness (QED) is 0.809. The molecule has 1 fully saturated rings. The molecule has 1 aliphatic rings. The van der Waals surface area contributed by atoms with Gasteiger partial charge in [0.25, 0.3) is 0 Å². The molecule has 0 radical (unpaired) electrons. The Labute approximate surface area is 148 Å². The maximum absolute atomic E-state index is 14.0. The van der Waals surface area contributed by atoms with E-state index >= 15 is 0 Å². The van der Waals surface area contributed by atoms with Gasteiger partial charge in [-0.3, -0.25) is 4.79 Å². The highest BCUT2D eigenvalue weighted by Crippen LogP contribution is 2.42. The Morgan fingerprint density at radius 1 is 1.12 bits per heavy atom. The van der Waals surface area contributed by atoms with Crippen LogP contribution in [0.25, 0.3) is 0 Å². The van der Waals surface area contributed by atoms with E-state index in [1.54, 1.807) is 25.2 Å². The third-order valence-electron chi connectivity index (χ3n) is 3.98. The molecule has 1 heterocycles. The van der Waals surface area contributed by atoms with Crippen molar-refractivity contribution in [1.82, 2.24) is 4.90 Å². The monoisotopic (exact) mass is 365 g/mol. The van der Waals surface area contributed by atoms with Crippen LogP contribution in [0.4, 0.5) is 8.78 Å². The Bertz CT molecular complexity index is 778. The lowest BCUT2D eigenvalue weighted by atomic mass is 10.1. The molecule has 0 aliphatic carbocycles. The topological polar surface area (TPSA) is 38.8 Å². The Morgan fingerprint density at radius 2 is 1.80 bits per heavy atom. The first-order valence-electron chi connectivity index (χ1n) is 7.60. The van der Waals surface area contributed by atoms with Crippen LogP contribution in [0.2, 0.25) is 0 Å². The van der Waals surface area contributed by atoms with Crippen LogP contribution in [0.5, 0.6) is 11.5 Å². The summed E-state index contributed by atoms with van der Waals surface area (Å²) in [5, 5.41) is -0.291. The van der Waals surface area contributed by atoms with Crippen LogP contribution in [-0.2, 0) is 11.3 Å². The summed E-state index contributed by atoms with van der Waals surface area (Å²) >= 11 is 1.45. The normalized spacial score (nSPS) is 17.0. The predicted octanol–water partition coefficient (Wildman–Crippen LogP) is 3.76. The van der Waals surface area contributed by atoms with Crippen LogP contribution in [0.3, 0.4) is 0 Å². The summed E-state index contributed by atoms with van der Waals surface area (Å²) in [5.41, 5.74) is 1.10. The largest absolute Gasteiger partial charge is 0.497 e. The fourth-order valence-corrected chi connectivity index (χ4v) is 3.87. The van der Waals surface area contributed by atoms with Crippen molar-refractivity contribution in [2.75, 3.05) is 20.0 Å². The summed E-state index contributed by atoms with van der Waals surface area (Å²) in [4.78, 5) is 13.9. The standard InChI is InChI=1S/C18H17F2NO3S/c1-23-14-5-12(6-15(8-14)24-2)18-21(17(22)10-25-18)9-11-3-4-13(19)7-16(11)20/h3-8,18H,9-10H2,1-2H3. The van der Waals surface area contributed by atoms with Crippen LogP contribution >= 0.6 is 11.8 Å². The predicted molar refractivity (Wildman–Crippen MR) is 91.7 cm³/mol. The summed E-state index contributed by atoms with van der Waals surface area (Å²) in [6, 6.07) is 8.78. The molecule has 1 saturated heterocycles. The van der Waals surface area contributed by atoms with Crippen LogP contribution in [0.1, 0.15) is 16.5 Å². The highest BCUT2D eigenvalue weighted by atomic mass is 32.2. The van der Waals surface area contributed by atoms with E-state index in [-0.39, 0.29) is 23.4 Å². The molecule has 3 rings (SSSR count). The zero-order valence-electron chi connectivity index (χ0n) is 13.8. The first kappa shape index (κ1) is 17.5. The molecule has 1 unspecified atom stereocenters. The first-order valence-corrected chi connectivity index (χ1v) is 8.64. The minimum absolute atomic E-state index is 0.0716. The van der Waals surface area contributed by atoms with Crippen molar-refractivity contribution >= 4 is 17.7 Å². The van der Waals surface area contributed by atoms with E-state index in [0.717, 1.165) is 11.6 Å². The van der Waals surface area contributed by atoms with Gasteiger partial charge >= 0.3 is 0 Å². The third kappa shape index (κ3) is 3.71. The smallest absolute Gasteiger partial charge is 0.234 e. The molecule has 0 saturated carbocycles. The minimum Gasteiger partial charge on any atom is -0.497 e. The van der Waals surface area contributed by atoms with E-state index in [0.29, 0.717) is 17.3 Å². The number of nitrogens with zero attached hydrogens (tertiary/aromatic N) is 1. The molecular weight excluding hydrogens is 348 g/mol. The van der Waals surface area contributed by atoms with Gasteiger partial charge in [-0.05, 0) is 23.8 Å². The second-order valence-corrected chi connectivity index (χ2v) is 6.64. The minimum atomic E-state index is -0.660. The average Bonchev–Trinajstić information content (AvgIpc) is 2.97. The maximum atomic E-state index is 14.0. The van der Waals surface area contributed by atoms with E-state index in [9.17, 15) is 13.6 Å². The van der Waals surface area contributed by atoms with Crippen LogP contribution < -0.4 is 9.47 Å². The molecule has 4 nitrogen and oxygen atoms in total. The second-order valence-electron chi connectivity index (χ2n) is 5.57. The lowest BCUT2D eigenvalue weighted by Gasteiger charge is -2.25. The third-order valence-corrected chi connectivity index (χ3v) is 5.24. The zero-order chi connectivity index (χ0) is 18.0. The van der Waals surface area contributed by atoms with Gasteiger partial charge in [0.15, 0.2) is 0 Å². The van der Waals surface area contributed by atoms with Crippen molar-refractivity contribution in [3.63, 3.8) is 0 Å². The Balaban J connectivity index is 1.92. The highest BCUT2D eigenvalue weighted by molar-refractivity contribution is 8.00. The summed E-state index contributed by atoms with van der Waals surface area (Å²) in [6.45, 7) is 0.0716. The van der Waals surface area contributed by atoms with E-state index in [4.69, 9.17) is 9.47 Å². The Morgan fingerprint density at radius 3 is 2.40 bits per heavy atom. The van der Waals surface area contributed by atoms with Crippen molar-refractivity contribution < 1.29 is 23.0 Å². The molecule has 1 aliphatic heterocycles. The molecule has 0 spiro atoms. The number of halogens is 2. The van der Waals surface area contributed by atoms with Gasteiger partial charge in [-0.15, -0.1) is 11.8 Å². The van der Waals surface area contributed by atoms with Crippen LogP contribution in [-0.4, -0.2) is 30.8 Å². The summed E-state index contributed by atoms with van der Waals surface area (Å²) in [6.07, 6.45) is 0. The molecule has 2 aromatic rings. The fourth-order valence-electron chi connectivity index (χ4n) is 2.71. The zero-order valence-corrected chi connectivity index (χ0v) is 14.6. The number of thioether (sulfide) groups is 1. The van der Waals surface area contributed by atoms with Crippen molar-refractivity contribution in [1.29, 1.82) is 0 Å². The number of ether oxygens (including phenoxy) is 2. The number of benzene rings is 2. The van der Waals surface area contributed by atoms with Crippen LogP contribution in [0, 0.1) is 11.6 Å². The molecule has 0 bridgehead atoms. The molecule has 2 aromatic carbocycles. The molecule has 132 valence electrons. The van der Waals surface area contributed by atoms with E-state index in [1.165, 1.54) is 23.9 Å². The molecule has 0 N–H and O–H groups in total. The van der Waals surface area contributed by atoms with E-state index in [1.807, 2.05) is 12.1 Å². The van der Waals surface area contributed by atoms with Gasteiger partial charge in [-0.1, -0.05) is 6.07 Å². The average molecular weight is 365 g/mol.